The normalized spacial score (nSPS) is 16.2. The number of rotatable bonds is 3. The van der Waals surface area contributed by atoms with Crippen molar-refractivity contribution in [2.75, 3.05) is 13.2 Å². The molecule has 1 fully saturated rings. The predicted octanol–water partition coefficient (Wildman–Crippen LogP) is 1.20. The van der Waals surface area contributed by atoms with E-state index in [1.807, 2.05) is 0 Å². The van der Waals surface area contributed by atoms with Gasteiger partial charge in [0.1, 0.15) is 6.10 Å². The molecule has 0 aromatic heterocycles. The van der Waals surface area contributed by atoms with Crippen LogP contribution in [0.25, 0.3) is 0 Å². The molecule has 0 saturated carbocycles. The Balaban J connectivity index is 2.21. The Morgan fingerprint density at radius 3 is 2.33 bits per heavy atom. The minimum Gasteiger partial charge on any atom is -0.479 e. The van der Waals surface area contributed by atoms with Crippen molar-refractivity contribution in [3.05, 3.63) is 29.3 Å². The second-order valence-electron chi connectivity index (χ2n) is 3.37. The zero-order valence-electron chi connectivity index (χ0n) is 8.00. The highest BCUT2D eigenvalue weighted by atomic mass is 19.1. The van der Waals surface area contributed by atoms with E-state index in [0.29, 0.717) is 18.8 Å². The van der Waals surface area contributed by atoms with Gasteiger partial charge in [-0.05, 0) is 17.7 Å². The summed E-state index contributed by atoms with van der Waals surface area (Å²) in [6.45, 7) is 0.843. The fourth-order valence-corrected chi connectivity index (χ4v) is 1.29. The van der Waals surface area contributed by atoms with Crippen LogP contribution in [0, 0.1) is 11.6 Å². The van der Waals surface area contributed by atoms with Crippen molar-refractivity contribution in [3.63, 3.8) is 0 Å². The van der Waals surface area contributed by atoms with Crippen molar-refractivity contribution in [2.45, 2.75) is 12.6 Å². The maximum atomic E-state index is 13.4. The van der Waals surface area contributed by atoms with Crippen LogP contribution < -0.4 is 10.5 Å². The minimum absolute atomic E-state index is 0.0979. The first-order valence-electron chi connectivity index (χ1n) is 4.63. The minimum atomic E-state index is -0.720. The largest absolute Gasteiger partial charge is 0.479 e. The van der Waals surface area contributed by atoms with Crippen LogP contribution in [0.2, 0.25) is 0 Å². The van der Waals surface area contributed by atoms with Gasteiger partial charge >= 0.3 is 0 Å². The third-order valence-electron chi connectivity index (χ3n) is 2.19. The monoisotopic (exact) mass is 215 g/mol. The molecule has 5 heteroatoms. The maximum absolute atomic E-state index is 13.4. The Hall–Kier alpha value is -1.20. The Labute approximate surface area is 85.8 Å². The number of halogens is 2. The van der Waals surface area contributed by atoms with E-state index in [0.717, 1.165) is 0 Å². The number of hydrogen-bond donors (Lipinski definition) is 1. The van der Waals surface area contributed by atoms with Gasteiger partial charge in [0.2, 0.25) is 0 Å². The SMILES string of the molecule is NCc1cc(F)c(OC2COC2)c(F)c1. The maximum Gasteiger partial charge on any atom is 0.191 e. The van der Waals surface area contributed by atoms with Crippen LogP contribution in [0.1, 0.15) is 5.56 Å². The van der Waals surface area contributed by atoms with Gasteiger partial charge in [0.15, 0.2) is 17.4 Å². The summed E-state index contributed by atoms with van der Waals surface area (Å²) < 4.78 is 36.7. The first-order valence-corrected chi connectivity index (χ1v) is 4.63. The molecule has 0 bridgehead atoms. The van der Waals surface area contributed by atoms with Gasteiger partial charge in [0.25, 0.3) is 0 Å². The summed E-state index contributed by atoms with van der Waals surface area (Å²) in [6.07, 6.45) is -0.252. The molecule has 2 N–H and O–H groups in total. The summed E-state index contributed by atoms with van der Waals surface area (Å²) in [5.41, 5.74) is 5.69. The van der Waals surface area contributed by atoms with Crippen LogP contribution in [-0.2, 0) is 11.3 Å². The fraction of sp³-hybridized carbons (Fsp3) is 0.400. The number of ether oxygens (including phenoxy) is 2. The van der Waals surface area contributed by atoms with Crippen LogP contribution in [0.3, 0.4) is 0 Å². The summed E-state index contributed by atoms with van der Waals surface area (Å²) in [7, 11) is 0. The molecule has 0 radical (unpaired) electrons. The van der Waals surface area contributed by atoms with Crippen molar-refractivity contribution in [1.82, 2.24) is 0 Å². The number of nitrogens with two attached hydrogens (primary N) is 1. The van der Waals surface area contributed by atoms with E-state index < -0.39 is 11.6 Å². The first-order chi connectivity index (χ1) is 7.20. The molecular formula is C10H11F2NO2. The van der Waals surface area contributed by atoms with E-state index in [4.69, 9.17) is 15.2 Å². The Kier molecular flexibility index (Phi) is 2.83. The number of benzene rings is 1. The summed E-state index contributed by atoms with van der Waals surface area (Å²) in [5.74, 6) is -1.79. The molecule has 2 rings (SSSR count). The topological polar surface area (TPSA) is 44.5 Å². The summed E-state index contributed by atoms with van der Waals surface area (Å²) in [5, 5.41) is 0. The molecule has 0 atom stereocenters. The van der Waals surface area contributed by atoms with E-state index in [1.165, 1.54) is 12.1 Å². The molecule has 1 aliphatic heterocycles. The second-order valence-corrected chi connectivity index (χ2v) is 3.37. The van der Waals surface area contributed by atoms with Gasteiger partial charge in [0, 0.05) is 6.54 Å². The smallest absolute Gasteiger partial charge is 0.191 e. The third kappa shape index (κ3) is 2.08. The molecule has 82 valence electrons. The zero-order valence-corrected chi connectivity index (χ0v) is 8.00. The Morgan fingerprint density at radius 2 is 1.93 bits per heavy atom. The lowest BCUT2D eigenvalue weighted by atomic mass is 10.2. The van der Waals surface area contributed by atoms with Gasteiger partial charge in [-0.25, -0.2) is 8.78 Å². The van der Waals surface area contributed by atoms with Gasteiger partial charge in [-0.15, -0.1) is 0 Å². The molecule has 1 aliphatic rings. The third-order valence-corrected chi connectivity index (χ3v) is 2.19. The van der Waals surface area contributed by atoms with Crippen LogP contribution in [0.4, 0.5) is 8.78 Å². The Bertz CT molecular complexity index is 343. The van der Waals surface area contributed by atoms with Crippen LogP contribution in [-0.4, -0.2) is 19.3 Å². The van der Waals surface area contributed by atoms with Crippen molar-refractivity contribution in [2.24, 2.45) is 5.73 Å². The average Bonchev–Trinajstić information content (AvgIpc) is 2.13. The van der Waals surface area contributed by atoms with Gasteiger partial charge in [0.05, 0.1) is 13.2 Å². The molecule has 1 heterocycles. The van der Waals surface area contributed by atoms with Crippen LogP contribution in [0.5, 0.6) is 5.75 Å². The molecule has 0 amide bonds. The summed E-state index contributed by atoms with van der Waals surface area (Å²) in [4.78, 5) is 0. The van der Waals surface area contributed by atoms with Crippen molar-refractivity contribution in [1.29, 1.82) is 0 Å². The average molecular weight is 215 g/mol. The summed E-state index contributed by atoms with van der Waals surface area (Å²) in [6, 6.07) is 2.36. The van der Waals surface area contributed by atoms with Crippen molar-refractivity contribution >= 4 is 0 Å². The fourth-order valence-electron chi connectivity index (χ4n) is 1.29. The predicted molar refractivity (Wildman–Crippen MR) is 49.5 cm³/mol. The molecule has 3 nitrogen and oxygen atoms in total. The van der Waals surface area contributed by atoms with E-state index in [-0.39, 0.29) is 18.4 Å². The molecule has 1 saturated heterocycles. The quantitative estimate of drug-likeness (QED) is 0.824. The molecule has 0 spiro atoms. The lowest BCUT2D eigenvalue weighted by Gasteiger charge is -2.27. The van der Waals surface area contributed by atoms with Gasteiger partial charge in [-0.1, -0.05) is 0 Å². The van der Waals surface area contributed by atoms with E-state index in [2.05, 4.69) is 0 Å². The van der Waals surface area contributed by atoms with Crippen LogP contribution in [0.15, 0.2) is 12.1 Å². The molecule has 0 aliphatic carbocycles. The van der Waals surface area contributed by atoms with E-state index >= 15 is 0 Å². The zero-order chi connectivity index (χ0) is 10.8. The van der Waals surface area contributed by atoms with E-state index in [9.17, 15) is 8.78 Å². The first kappa shape index (κ1) is 10.3. The summed E-state index contributed by atoms with van der Waals surface area (Å²) >= 11 is 0. The van der Waals surface area contributed by atoms with Crippen molar-refractivity contribution < 1.29 is 18.3 Å². The number of hydrogen-bond acceptors (Lipinski definition) is 3. The highest BCUT2D eigenvalue weighted by Gasteiger charge is 2.23. The Morgan fingerprint density at radius 1 is 1.33 bits per heavy atom. The highest BCUT2D eigenvalue weighted by molar-refractivity contribution is 5.31. The van der Waals surface area contributed by atoms with Gasteiger partial charge in [-0.2, -0.15) is 0 Å². The van der Waals surface area contributed by atoms with E-state index in [1.54, 1.807) is 0 Å². The molecular weight excluding hydrogens is 204 g/mol. The standard InChI is InChI=1S/C10H11F2NO2/c11-8-1-6(3-13)2-9(12)10(8)15-7-4-14-5-7/h1-2,7H,3-5,13H2. The van der Waals surface area contributed by atoms with Gasteiger partial charge in [-0.3, -0.25) is 0 Å². The molecule has 1 aromatic carbocycles. The van der Waals surface area contributed by atoms with Crippen LogP contribution >= 0.6 is 0 Å². The highest BCUT2D eigenvalue weighted by Crippen LogP contribution is 2.25. The molecule has 0 unspecified atom stereocenters. The molecule has 15 heavy (non-hydrogen) atoms. The second kappa shape index (κ2) is 4.12. The molecule has 1 aromatic rings. The van der Waals surface area contributed by atoms with Crippen molar-refractivity contribution in [3.8, 4) is 5.75 Å². The lowest BCUT2D eigenvalue weighted by molar-refractivity contribution is -0.0821. The lowest BCUT2D eigenvalue weighted by Crippen LogP contribution is -2.39. The van der Waals surface area contributed by atoms with Gasteiger partial charge < -0.3 is 15.2 Å².